The molecule has 0 bridgehead atoms. The molecule has 96 valence electrons. The van der Waals surface area contributed by atoms with E-state index in [0.717, 1.165) is 5.92 Å². The number of hydrogen-bond acceptors (Lipinski definition) is 3. The second kappa shape index (κ2) is 5.83. The molecule has 1 aromatic heterocycles. The van der Waals surface area contributed by atoms with Crippen LogP contribution in [0.5, 0.6) is 0 Å². The zero-order valence-electron chi connectivity index (χ0n) is 10.5. The summed E-state index contributed by atoms with van der Waals surface area (Å²) in [5.41, 5.74) is 6.19. The van der Waals surface area contributed by atoms with Crippen LogP contribution in [0, 0.1) is 5.92 Å². The lowest BCUT2D eigenvalue weighted by Crippen LogP contribution is -2.43. The van der Waals surface area contributed by atoms with Gasteiger partial charge >= 0.3 is 0 Å². The fraction of sp³-hybridized carbons (Fsp3) is 0.692. The summed E-state index contributed by atoms with van der Waals surface area (Å²) >= 11 is 5.36. The maximum atomic E-state index is 6.19. The molecule has 4 heteroatoms. The van der Waals surface area contributed by atoms with E-state index in [1.165, 1.54) is 34.6 Å². The van der Waals surface area contributed by atoms with Crippen LogP contribution in [0.2, 0.25) is 0 Å². The third-order valence-corrected chi connectivity index (χ3v) is 5.29. The summed E-state index contributed by atoms with van der Waals surface area (Å²) in [5.74, 6) is 0.870. The van der Waals surface area contributed by atoms with E-state index in [-0.39, 0.29) is 6.04 Å². The lowest BCUT2D eigenvalue weighted by molar-refractivity contribution is 0.126. The summed E-state index contributed by atoms with van der Waals surface area (Å²) in [6.07, 6.45) is 2.60. The highest BCUT2D eigenvalue weighted by Crippen LogP contribution is 2.34. The number of rotatable bonds is 3. The number of hydrogen-bond donors (Lipinski definition) is 1. The van der Waals surface area contributed by atoms with Gasteiger partial charge in [0.1, 0.15) is 0 Å². The average molecular weight is 317 g/mol. The van der Waals surface area contributed by atoms with Crippen LogP contribution >= 0.6 is 27.3 Å². The van der Waals surface area contributed by atoms with Crippen molar-refractivity contribution in [3.8, 4) is 0 Å². The Morgan fingerprint density at radius 2 is 2.06 bits per heavy atom. The molecule has 0 spiro atoms. The first kappa shape index (κ1) is 13.5. The van der Waals surface area contributed by atoms with Crippen LogP contribution in [-0.2, 0) is 0 Å². The molecule has 1 aliphatic heterocycles. The van der Waals surface area contributed by atoms with Crippen molar-refractivity contribution in [2.45, 2.75) is 38.8 Å². The van der Waals surface area contributed by atoms with Gasteiger partial charge in [-0.25, -0.2) is 0 Å². The third kappa shape index (κ3) is 3.31. The molecular formula is C13H21BrN2S. The van der Waals surface area contributed by atoms with Crippen molar-refractivity contribution in [2.75, 3.05) is 13.1 Å². The van der Waals surface area contributed by atoms with Crippen LogP contribution in [0.3, 0.4) is 0 Å². The van der Waals surface area contributed by atoms with Gasteiger partial charge in [0.15, 0.2) is 0 Å². The first-order valence-electron chi connectivity index (χ1n) is 6.33. The van der Waals surface area contributed by atoms with Crippen LogP contribution in [-0.4, -0.2) is 24.0 Å². The maximum absolute atomic E-state index is 6.19. The topological polar surface area (TPSA) is 29.3 Å². The molecule has 1 saturated heterocycles. The van der Waals surface area contributed by atoms with E-state index < -0.39 is 0 Å². The highest BCUT2D eigenvalue weighted by Gasteiger charge is 2.28. The summed E-state index contributed by atoms with van der Waals surface area (Å²) in [4.78, 5) is 3.95. The molecule has 1 aliphatic rings. The molecule has 2 atom stereocenters. The molecule has 17 heavy (non-hydrogen) atoms. The molecule has 0 radical (unpaired) electrons. The van der Waals surface area contributed by atoms with Gasteiger partial charge in [0.25, 0.3) is 0 Å². The first-order chi connectivity index (χ1) is 8.08. The van der Waals surface area contributed by atoms with Crippen molar-refractivity contribution >= 4 is 27.3 Å². The van der Waals surface area contributed by atoms with E-state index in [1.807, 2.05) is 11.3 Å². The van der Waals surface area contributed by atoms with Crippen LogP contribution in [0.25, 0.3) is 0 Å². The molecule has 1 aromatic rings. The number of piperidine rings is 1. The van der Waals surface area contributed by atoms with Gasteiger partial charge in [0.05, 0.1) is 9.83 Å². The SMILES string of the molecule is CC1CCN(C(c2ccc(Br)s2)C(C)N)CC1. The molecule has 0 aliphatic carbocycles. The molecule has 2 N–H and O–H groups in total. The Labute approximate surface area is 116 Å². The predicted molar refractivity (Wildman–Crippen MR) is 78.4 cm³/mol. The van der Waals surface area contributed by atoms with E-state index >= 15 is 0 Å². The number of nitrogens with zero attached hydrogens (tertiary/aromatic N) is 1. The Morgan fingerprint density at radius 3 is 2.53 bits per heavy atom. The molecular weight excluding hydrogens is 296 g/mol. The standard InChI is InChI=1S/C13H21BrN2S/c1-9-5-7-16(8-6-9)13(10(2)15)11-3-4-12(14)17-11/h3-4,9-10,13H,5-8,15H2,1-2H3. The van der Waals surface area contributed by atoms with Gasteiger partial charge in [-0.2, -0.15) is 0 Å². The van der Waals surface area contributed by atoms with E-state index in [4.69, 9.17) is 5.73 Å². The minimum Gasteiger partial charge on any atom is -0.326 e. The van der Waals surface area contributed by atoms with Crippen molar-refractivity contribution in [3.63, 3.8) is 0 Å². The number of halogens is 1. The minimum atomic E-state index is 0.189. The molecule has 2 heterocycles. The lowest BCUT2D eigenvalue weighted by Gasteiger charge is -2.38. The molecule has 2 rings (SSSR count). The number of nitrogens with two attached hydrogens (primary N) is 1. The quantitative estimate of drug-likeness (QED) is 0.922. The predicted octanol–water partition coefficient (Wildman–Crippen LogP) is 3.63. The molecule has 2 nitrogen and oxygen atoms in total. The van der Waals surface area contributed by atoms with E-state index in [0.29, 0.717) is 6.04 Å². The molecule has 0 saturated carbocycles. The molecule has 2 unspecified atom stereocenters. The third-order valence-electron chi connectivity index (χ3n) is 3.60. The molecule has 0 amide bonds. The lowest BCUT2D eigenvalue weighted by atomic mass is 9.96. The van der Waals surface area contributed by atoms with Crippen LogP contribution < -0.4 is 5.73 Å². The highest BCUT2D eigenvalue weighted by molar-refractivity contribution is 9.11. The van der Waals surface area contributed by atoms with Crippen molar-refractivity contribution in [2.24, 2.45) is 11.7 Å². The van der Waals surface area contributed by atoms with E-state index in [2.05, 4.69) is 46.8 Å². The van der Waals surface area contributed by atoms with Crippen LogP contribution in [0.1, 0.15) is 37.6 Å². The van der Waals surface area contributed by atoms with Gasteiger partial charge in [0.2, 0.25) is 0 Å². The average Bonchev–Trinajstić information content (AvgIpc) is 2.68. The number of likely N-dealkylation sites (tertiary alicyclic amines) is 1. The normalized spacial score (nSPS) is 22.6. The Morgan fingerprint density at radius 1 is 1.41 bits per heavy atom. The Balaban J connectivity index is 2.12. The monoisotopic (exact) mass is 316 g/mol. The Bertz CT molecular complexity index is 356. The van der Waals surface area contributed by atoms with Gasteiger partial charge in [0, 0.05) is 10.9 Å². The van der Waals surface area contributed by atoms with Gasteiger partial charge in [-0.3, -0.25) is 4.90 Å². The maximum Gasteiger partial charge on any atom is 0.0702 e. The van der Waals surface area contributed by atoms with Gasteiger partial charge in [-0.1, -0.05) is 6.92 Å². The smallest absolute Gasteiger partial charge is 0.0702 e. The van der Waals surface area contributed by atoms with Crippen molar-refractivity contribution in [1.82, 2.24) is 4.90 Å². The second-order valence-electron chi connectivity index (χ2n) is 5.16. The first-order valence-corrected chi connectivity index (χ1v) is 7.93. The van der Waals surface area contributed by atoms with Gasteiger partial charge in [-0.15, -0.1) is 11.3 Å². The fourth-order valence-electron chi connectivity index (χ4n) is 2.57. The van der Waals surface area contributed by atoms with Gasteiger partial charge < -0.3 is 5.73 Å². The zero-order valence-corrected chi connectivity index (χ0v) is 12.9. The van der Waals surface area contributed by atoms with Gasteiger partial charge in [-0.05, 0) is 66.8 Å². The Kier molecular flexibility index (Phi) is 4.64. The largest absolute Gasteiger partial charge is 0.326 e. The van der Waals surface area contributed by atoms with Crippen molar-refractivity contribution in [1.29, 1.82) is 0 Å². The number of thiophene rings is 1. The minimum absolute atomic E-state index is 0.189. The molecule has 0 aromatic carbocycles. The van der Waals surface area contributed by atoms with Crippen LogP contribution in [0.15, 0.2) is 15.9 Å². The summed E-state index contributed by atoms with van der Waals surface area (Å²) in [6, 6.07) is 4.91. The summed E-state index contributed by atoms with van der Waals surface area (Å²) in [5, 5.41) is 0. The van der Waals surface area contributed by atoms with E-state index in [9.17, 15) is 0 Å². The zero-order chi connectivity index (χ0) is 12.4. The Hall–Kier alpha value is 0.1000. The summed E-state index contributed by atoms with van der Waals surface area (Å²) < 4.78 is 1.20. The highest BCUT2D eigenvalue weighted by atomic mass is 79.9. The van der Waals surface area contributed by atoms with Crippen molar-refractivity contribution in [3.05, 3.63) is 20.8 Å². The summed E-state index contributed by atoms with van der Waals surface area (Å²) in [6.45, 7) is 6.84. The van der Waals surface area contributed by atoms with Crippen molar-refractivity contribution < 1.29 is 0 Å². The molecule has 1 fully saturated rings. The second-order valence-corrected chi connectivity index (χ2v) is 7.66. The summed E-state index contributed by atoms with van der Waals surface area (Å²) in [7, 11) is 0. The van der Waals surface area contributed by atoms with E-state index in [1.54, 1.807) is 0 Å². The van der Waals surface area contributed by atoms with Crippen LogP contribution in [0.4, 0.5) is 0 Å². The fourth-order valence-corrected chi connectivity index (χ4v) is 4.24.